The first kappa shape index (κ1) is 14.7. The quantitative estimate of drug-likeness (QED) is 0.742. The van der Waals surface area contributed by atoms with E-state index >= 15 is 0 Å². The summed E-state index contributed by atoms with van der Waals surface area (Å²) in [7, 11) is 0. The van der Waals surface area contributed by atoms with E-state index in [2.05, 4.69) is 23.2 Å². The second kappa shape index (κ2) is 6.32. The molecule has 4 nitrogen and oxygen atoms in total. The Morgan fingerprint density at radius 3 is 2.75 bits per heavy atom. The van der Waals surface area contributed by atoms with E-state index in [1.54, 1.807) is 12.4 Å². The number of amides is 1. The fourth-order valence-corrected chi connectivity index (χ4v) is 3.05. The number of carbonyl (C=O) groups is 1. The van der Waals surface area contributed by atoms with Crippen molar-refractivity contribution in [3.8, 4) is 5.75 Å². The van der Waals surface area contributed by atoms with Crippen LogP contribution in [0.2, 0.25) is 0 Å². The molecule has 4 heteroatoms. The van der Waals surface area contributed by atoms with E-state index in [1.165, 1.54) is 5.39 Å². The first-order chi connectivity index (χ1) is 11.8. The molecule has 0 spiro atoms. The molecule has 0 radical (unpaired) electrons. The van der Waals surface area contributed by atoms with Crippen LogP contribution in [-0.2, 0) is 11.2 Å². The zero-order valence-electron chi connectivity index (χ0n) is 13.3. The van der Waals surface area contributed by atoms with Gasteiger partial charge in [-0.3, -0.25) is 9.78 Å². The topological polar surface area (TPSA) is 42.4 Å². The Balaban J connectivity index is 1.38. The van der Waals surface area contributed by atoms with Gasteiger partial charge in [0.1, 0.15) is 11.9 Å². The van der Waals surface area contributed by atoms with Crippen molar-refractivity contribution in [2.45, 2.75) is 12.5 Å². The fraction of sp³-hybridized carbons (Fsp3) is 0.200. The Bertz CT molecular complexity index is 852. The third-order valence-corrected chi connectivity index (χ3v) is 4.36. The zero-order chi connectivity index (χ0) is 16.4. The first-order valence-corrected chi connectivity index (χ1v) is 8.11. The number of carbonyl (C=O) groups excluding carboxylic acids is 1. The maximum absolute atomic E-state index is 12.5. The molecule has 0 bridgehead atoms. The van der Waals surface area contributed by atoms with Crippen LogP contribution >= 0.6 is 0 Å². The van der Waals surface area contributed by atoms with Gasteiger partial charge in [-0.15, -0.1) is 0 Å². The van der Waals surface area contributed by atoms with Crippen molar-refractivity contribution in [2.75, 3.05) is 13.1 Å². The Kier molecular flexibility index (Phi) is 3.87. The van der Waals surface area contributed by atoms with Crippen molar-refractivity contribution in [3.05, 3.63) is 72.6 Å². The van der Waals surface area contributed by atoms with E-state index in [0.717, 1.165) is 16.7 Å². The largest absolute Gasteiger partial charge is 0.485 e. The highest BCUT2D eigenvalue weighted by Crippen LogP contribution is 2.22. The number of aromatic nitrogens is 1. The van der Waals surface area contributed by atoms with Crippen LogP contribution in [0.3, 0.4) is 0 Å². The van der Waals surface area contributed by atoms with Gasteiger partial charge in [0.25, 0.3) is 0 Å². The summed E-state index contributed by atoms with van der Waals surface area (Å²) in [5.74, 6) is 0.904. The van der Waals surface area contributed by atoms with Gasteiger partial charge in [0.05, 0.1) is 25.7 Å². The van der Waals surface area contributed by atoms with Crippen molar-refractivity contribution in [1.29, 1.82) is 0 Å². The number of pyridine rings is 1. The van der Waals surface area contributed by atoms with Crippen molar-refractivity contribution in [1.82, 2.24) is 9.88 Å². The van der Waals surface area contributed by atoms with Crippen LogP contribution in [-0.4, -0.2) is 35.0 Å². The number of likely N-dealkylation sites (tertiary alicyclic amines) is 1. The van der Waals surface area contributed by atoms with Gasteiger partial charge in [-0.05, 0) is 28.5 Å². The van der Waals surface area contributed by atoms with Crippen molar-refractivity contribution < 1.29 is 9.53 Å². The van der Waals surface area contributed by atoms with E-state index in [4.69, 9.17) is 4.74 Å². The summed E-state index contributed by atoms with van der Waals surface area (Å²) in [6.45, 7) is 1.27. The average molecular weight is 318 g/mol. The maximum atomic E-state index is 12.5. The minimum absolute atomic E-state index is 0.0608. The summed E-state index contributed by atoms with van der Waals surface area (Å²) in [6, 6.07) is 18.0. The minimum Gasteiger partial charge on any atom is -0.485 e. The Labute approximate surface area is 140 Å². The molecule has 0 unspecified atom stereocenters. The van der Waals surface area contributed by atoms with Gasteiger partial charge in [0, 0.05) is 6.20 Å². The fourth-order valence-electron chi connectivity index (χ4n) is 3.05. The normalized spacial score (nSPS) is 14.4. The summed E-state index contributed by atoms with van der Waals surface area (Å²) in [6.07, 6.45) is 3.90. The van der Waals surface area contributed by atoms with Gasteiger partial charge >= 0.3 is 0 Å². The van der Waals surface area contributed by atoms with E-state index in [1.807, 2.05) is 41.3 Å². The second-order valence-electron chi connectivity index (χ2n) is 6.04. The number of benzene rings is 2. The predicted octanol–water partition coefficient (Wildman–Crippen LogP) is 3.07. The highest BCUT2D eigenvalue weighted by molar-refractivity contribution is 5.90. The molecular formula is C20H18N2O2. The third-order valence-electron chi connectivity index (χ3n) is 4.36. The molecule has 0 saturated carbocycles. The Hall–Kier alpha value is -2.88. The summed E-state index contributed by atoms with van der Waals surface area (Å²) >= 11 is 0. The van der Waals surface area contributed by atoms with Crippen LogP contribution in [0.1, 0.15) is 5.56 Å². The van der Waals surface area contributed by atoms with Crippen LogP contribution in [0.15, 0.2) is 67.0 Å². The molecule has 1 aromatic heterocycles. The molecule has 1 amide bonds. The summed E-state index contributed by atoms with van der Waals surface area (Å²) < 4.78 is 5.79. The standard InChI is InChI=1S/C20H18N2O2/c23-20(11-16-7-3-6-15-5-1-2-9-19(15)16)22-13-18(14-22)24-17-8-4-10-21-12-17/h1-10,12,18H,11,13-14H2. The van der Waals surface area contributed by atoms with Crippen LogP contribution in [0.25, 0.3) is 10.8 Å². The minimum atomic E-state index is 0.0608. The number of nitrogens with zero attached hydrogens (tertiary/aromatic N) is 2. The van der Waals surface area contributed by atoms with Crippen molar-refractivity contribution >= 4 is 16.7 Å². The highest BCUT2D eigenvalue weighted by atomic mass is 16.5. The molecular weight excluding hydrogens is 300 g/mol. The lowest BCUT2D eigenvalue weighted by atomic mass is 10.0. The lowest BCUT2D eigenvalue weighted by Crippen LogP contribution is -2.56. The van der Waals surface area contributed by atoms with Gasteiger partial charge in [-0.2, -0.15) is 0 Å². The first-order valence-electron chi connectivity index (χ1n) is 8.11. The van der Waals surface area contributed by atoms with E-state index in [-0.39, 0.29) is 12.0 Å². The number of ether oxygens (including phenoxy) is 1. The van der Waals surface area contributed by atoms with Crippen LogP contribution in [0.5, 0.6) is 5.75 Å². The van der Waals surface area contributed by atoms with E-state index in [9.17, 15) is 4.79 Å². The molecule has 1 aliphatic heterocycles. The van der Waals surface area contributed by atoms with Gasteiger partial charge in [0.15, 0.2) is 0 Å². The number of rotatable bonds is 4. The van der Waals surface area contributed by atoms with Gasteiger partial charge in [-0.25, -0.2) is 0 Å². The molecule has 1 saturated heterocycles. The summed E-state index contributed by atoms with van der Waals surface area (Å²) in [5, 5.41) is 2.32. The predicted molar refractivity (Wildman–Crippen MR) is 92.9 cm³/mol. The Morgan fingerprint density at radius 1 is 1.08 bits per heavy atom. The average Bonchev–Trinajstić information content (AvgIpc) is 2.59. The lowest BCUT2D eigenvalue weighted by Gasteiger charge is -2.39. The molecule has 2 heterocycles. The number of fused-ring (bicyclic) bond motifs is 1. The van der Waals surface area contributed by atoms with Gasteiger partial charge in [-0.1, -0.05) is 42.5 Å². The molecule has 3 aromatic rings. The van der Waals surface area contributed by atoms with Crippen molar-refractivity contribution in [3.63, 3.8) is 0 Å². The van der Waals surface area contributed by atoms with E-state index < -0.39 is 0 Å². The second-order valence-corrected chi connectivity index (χ2v) is 6.04. The molecule has 2 aromatic carbocycles. The molecule has 0 aliphatic carbocycles. The number of hydrogen-bond donors (Lipinski definition) is 0. The molecule has 120 valence electrons. The summed E-state index contributed by atoms with van der Waals surface area (Å²) in [5.41, 5.74) is 1.08. The van der Waals surface area contributed by atoms with Gasteiger partial charge < -0.3 is 9.64 Å². The van der Waals surface area contributed by atoms with Crippen LogP contribution in [0, 0.1) is 0 Å². The smallest absolute Gasteiger partial charge is 0.227 e. The monoisotopic (exact) mass is 318 g/mol. The maximum Gasteiger partial charge on any atom is 0.227 e. The van der Waals surface area contributed by atoms with Crippen LogP contribution < -0.4 is 4.74 Å². The number of hydrogen-bond acceptors (Lipinski definition) is 3. The van der Waals surface area contributed by atoms with Crippen molar-refractivity contribution in [2.24, 2.45) is 0 Å². The molecule has 0 N–H and O–H groups in total. The third kappa shape index (κ3) is 2.95. The molecule has 24 heavy (non-hydrogen) atoms. The summed E-state index contributed by atoms with van der Waals surface area (Å²) in [4.78, 5) is 18.4. The van der Waals surface area contributed by atoms with Crippen LogP contribution in [0.4, 0.5) is 0 Å². The zero-order valence-corrected chi connectivity index (χ0v) is 13.3. The Morgan fingerprint density at radius 2 is 1.92 bits per heavy atom. The lowest BCUT2D eigenvalue weighted by molar-refractivity contribution is -0.139. The molecule has 4 rings (SSSR count). The van der Waals surface area contributed by atoms with Gasteiger partial charge in [0.2, 0.25) is 5.91 Å². The van der Waals surface area contributed by atoms with E-state index in [0.29, 0.717) is 19.5 Å². The molecule has 1 aliphatic rings. The molecule has 1 fully saturated rings. The highest BCUT2D eigenvalue weighted by Gasteiger charge is 2.32. The molecule has 0 atom stereocenters. The SMILES string of the molecule is O=C(Cc1cccc2ccccc12)N1CC(Oc2cccnc2)C1.